The summed E-state index contributed by atoms with van der Waals surface area (Å²) in [6, 6.07) is 8.04. The molecule has 1 atom stereocenters. The third-order valence-electron chi connectivity index (χ3n) is 3.85. The molecular formula is C17H17FN2O5S. The Bertz CT molecular complexity index is 946. The number of urea groups is 1. The van der Waals surface area contributed by atoms with Crippen molar-refractivity contribution >= 4 is 21.7 Å². The highest BCUT2D eigenvalue weighted by Gasteiger charge is 2.35. The lowest BCUT2D eigenvalue weighted by Gasteiger charge is -2.20. The molecule has 0 bridgehead atoms. The van der Waals surface area contributed by atoms with Gasteiger partial charge in [0.05, 0.1) is 4.90 Å². The van der Waals surface area contributed by atoms with Crippen molar-refractivity contribution in [1.29, 1.82) is 0 Å². The van der Waals surface area contributed by atoms with Crippen molar-refractivity contribution in [3.05, 3.63) is 48.3 Å². The van der Waals surface area contributed by atoms with Crippen LogP contribution in [0.4, 0.5) is 14.9 Å². The van der Waals surface area contributed by atoms with Gasteiger partial charge >= 0.3 is 6.03 Å². The van der Waals surface area contributed by atoms with E-state index in [9.17, 15) is 17.6 Å². The molecule has 1 aliphatic rings. The molecule has 0 radical (unpaired) electrons. The van der Waals surface area contributed by atoms with Gasteiger partial charge < -0.3 is 14.8 Å². The smallest absolute Gasteiger partial charge is 0.333 e. The van der Waals surface area contributed by atoms with Crippen molar-refractivity contribution in [3.63, 3.8) is 0 Å². The lowest BCUT2D eigenvalue weighted by molar-refractivity contribution is -0.0640. The van der Waals surface area contributed by atoms with E-state index in [4.69, 9.17) is 9.47 Å². The van der Waals surface area contributed by atoms with Gasteiger partial charge in [-0.15, -0.1) is 0 Å². The van der Waals surface area contributed by atoms with E-state index >= 15 is 0 Å². The zero-order valence-electron chi connectivity index (χ0n) is 14.1. The Hall–Kier alpha value is -2.81. The molecular weight excluding hydrogens is 363 g/mol. The molecule has 1 unspecified atom stereocenters. The van der Waals surface area contributed by atoms with Gasteiger partial charge in [-0.2, -0.15) is 0 Å². The molecule has 1 heterocycles. The molecule has 0 fully saturated rings. The van der Waals surface area contributed by atoms with Crippen LogP contribution in [0.2, 0.25) is 0 Å². The highest BCUT2D eigenvalue weighted by atomic mass is 32.2. The van der Waals surface area contributed by atoms with Gasteiger partial charge in [-0.1, -0.05) is 6.92 Å². The largest absolute Gasteiger partial charge is 0.449 e. The number of hydrogen-bond donors (Lipinski definition) is 2. The Morgan fingerprint density at radius 3 is 2.42 bits per heavy atom. The van der Waals surface area contributed by atoms with Crippen LogP contribution in [-0.2, 0) is 10.0 Å². The molecule has 138 valence electrons. The minimum Gasteiger partial charge on any atom is -0.449 e. The number of ether oxygens (including phenoxy) is 2. The van der Waals surface area contributed by atoms with Gasteiger partial charge in [0.15, 0.2) is 11.5 Å². The van der Waals surface area contributed by atoms with Crippen LogP contribution in [0, 0.1) is 5.82 Å². The van der Waals surface area contributed by atoms with E-state index in [0.29, 0.717) is 12.2 Å². The topological polar surface area (TPSA) is 93.7 Å². The van der Waals surface area contributed by atoms with Gasteiger partial charge in [0.25, 0.3) is 10.0 Å². The number of hydrogen-bond acceptors (Lipinski definition) is 5. The Morgan fingerprint density at radius 2 is 1.77 bits per heavy atom. The summed E-state index contributed by atoms with van der Waals surface area (Å²) in [4.78, 5) is 11.8. The number of benzene rings is 2. The normalized spacial score (nSPS) is 18.4. The first-order chi connectivity index (χ1) is 12.2. The number of carbonyl (C=O) groups excluding carboxylic acids is 1. The number of carbonyl (C=O) groups is 1. The number of anilines is 1. The van der Waals surface area contributed by atoms with Crippen molar-refractivity contribution in [2.75, 3.05) is 5.32 Å². The van der Waals surface area contributed by atoms with E-state index in [1.807, 2.05) is 11.6 Å². The van der Waals surface area contributed by atoms with Crippen molar-refractivity contribution < 1.29 is 27.1 Å². The fourth-order valence-corrected chi connectivity index (χ4v) is 3.24. The minimum absolute atomic E-state index is 0.144. The molecule has 0 saturated carbocycles. The second-order valence-corrected chi connectivity index (χ2v) is 7.55. The van der Waals surface area contributed by atoms with E-state index in [0.717, 1.165) is 12.1 Å². The van der Waals surface area contributed by atoms with Crippen LogP contribution in [-0.4, -0.2) is 20.2 Å². The van der Waals surface area contributed by atoms with Crippen LogP contribution in [0.25, 0.3) is 0 Å². The number of amides is 2. The summed E-state index contributed by atoms with van der Waals surface area (Å²) in [5.74, 6) is -0.596. The number of sulfonamides is 1. The molecule has 0 aromatic heterocycles. The Morgan fingerprint density at radius 1 is 1.12 bits per heavy atom. The average molecular weight is 380 g/mol. The predicted molar refractivity (Wildman–Crippen MR) is 92.1 cm³/mol. The fraction of sp³-hybridized carbons (Fsp3) is 0.235. The molecule has 2 aromatic carbocycles. The number of nitrogens with one attached hydrogen (secondary N) is 2. The summed E-state index contributed by atoms with van der Waals surface area (Å²) in [5, 5.41) is 2.32. The van der Waals surface area contributed by atoms with Crippen LogP contribution in [0.3, 0.4) is 0 Å². The van der Waals surface area contributed by atoms with Gasteiger partial charge in [-0.25, -0.2) is 22.3 Å². The molecule has 1 aliphatic heterocycles. The maximum atomic E-state index is 12.9. The second-order valence-electron chi connectivity index (χ2n) is 5.87. The van der Waals surface area contributed by atoms with Gasteiger partial charge in [0, 0.05) is 25.1 Å². The maximum Gasteiger partial charge on any atom is 0.333 e. The zero-order valence-corrected chi connectivity index (χ0v) is 14.9. The van der Waals surface area contributed by atoms with Gasteiger partial charge in [-0.3, -0.25) is 0 Å². The highest BCUT2D eigenvalue weighted by Crippen LogP contribution is 2.41. The minimum atomic E-state index is -4.13. The molecule has 3 rings (SSSR count). The predicted octanol–water partition coefficient (Wildman–Crippen LogP) is 3.23. The van der Waals surface area contributed by atoms with Gasteiger partial charge in [0.1, 0.15) is 5.82 Å². The van der Waals surface area contributed by atoms with Gasteiger partial charge in [-0.05, 0) is 36.4 Å². The summed E-state index contributed by atoms with van der Waals surface area (Å²) < 4.78 is 50.8. The van der Waals surface area contributed by atoms with E-state index in [1.54, 1.807) is 6.92 Å². The zero-order chi connectivity index (χ0) is 18.9. The lowest BCUT2D eigenvalue weighted by Crippen LogP contribution is -2.34. The monoisotopic (exact) mass is 380 g/mol. The lowest BCUT2D eigenvalue weighted by atomic mass is 10.2. The van der Waals surface area contributed by atoms with Crippen LogP contribution in [0.1, 0.15) is 20.3 Å². The van der Waals surface area contributed by atoms with E-state index in [-0.39, 0.29) is 16.3 Å². The van der Waals surface area contributed by atoms with Crippen LogP contribution in [0.15, 0.2) is 47.4 Å². The number of rotatable bonds is 4. The van der Waals surface area contributed by atoms with Crippen LogP contribution in [0.5, 0.6) is 11.5 Å². The second kappa shape index (κ2) is 6.49. The average Bonchev–Trinajstić information content (AvgIpc) is 2.92. The summed E-state index contributed by atoms with van der Waals surface area (Å²) in [6.07, 6.45) is 0.572. The summed E-state index contributed by atoms with van der Waals surface area (Å²) in [6.45, 7) is 3.63. The van der Waals surface area contributed by atoms with E-state index in [1.165, 1.54) is 30.3 Å². The molecule has 9 heteroatoms. The molecule has 0 aliphatic carbocycles. The SMILES string of the molecule is CCC1(C)Oc2ccc(S(=O)(=O)NC(=O)Nc3ccc(F)cc3)cc2O1. The molecule has 2 amide bonds. The first kappa shape index (κ1) is 18.0. The molecule has 7 nitrogen and oxygen atoms in total. The standard InChI is InChI=1S/C17H17FN2O5S/c1-3-17(2)24-14-9-8-13(10-15(14)25-17)26(22,23)20-16(21)19-12-6-4-11(18)5-7-12/h4-10H,3H2,1-2H3,(H2,19,20,21). The van der Waals surface area contributed by atoms with Crippen molar-refractivity contribution in [2.24, 2.45) is 0 Å². The third kappa shape index (κ3) is 3.72. The summed E-state index contributed by atoms with van der Waals surface area (Å²) in [7, 11) is -4.13. The molecule has 2 N–H and O–H groups in total. The van der Waals surface area contributed by atoms with E-state index in [2.05, 4.69) is 5.32 Å². The first-order valence-electron chi connectivity index (χ1n) is 7.82. The summed E-state index contributed by atoms with van der Waals surface area (Å²) >= 11 is 0. The van der Waals surface area contributed by atoms with Crippen LogP contribution >= 0.6 is 0 Å². The maximum absolute atomic E-state index is 12.9. The fourth-order valence-electron chi connectivity index (χ4n) is 2.32. The molecule has 2 aromatic rings. The van der Waals surface area contributed by atoms with E-state index < -0.39 is 27.7 Å². The van der Waals surface area contributed by atoms with Gasteiger partial charge in [0.2, 0.25) is 5.79 Å². The summed E-state index contributed by atoms with van der Waals surface area (Å²) in [5.41, 5.74) is 0.253. The molecule has 26 heavy (non-hydrogen) atoms. The third-order valence-corrected chi connectivity index (χ3v) is 5.18. The number of fused-ring (bicyclic) bond motifs is 1. The quantitative estimate of drug-likeness (QED) is 0.849. The van der Waals surface area contributed by atoms with Crippen LogP contribution < -0.4 is 19.5 Å². The Balaban J connectivity index is 1.74. The Labute approximate surface area is 150 Å². The molecule has 0 saturated heterocycles. The number of halogens is 1. The van der Waals surface area contributed by atoms with Crippen molar-refractivity contribution in [2.45, 2.75) is 31.0 Å². The molecule has 0 spiro atoms. The first-order valence-corrected chi connectivity index (χ1v) is 9.30. The van der Waals surface area contributed by atoms with Crippen molar-refractivity contribution in [3.8, 4) is 11.5 Å². The highest BCUT2D eigenvalue weighted by molar-refractivity contribution is 7.90. The Kier molecular flexibility index (Phi) is 4.49. The van der Waals surface area contributed by atoms with Crippen molar-refractivity contribution in [1.82, 2.24) is 4.72 Å².